The first-order chi connectivity index (χ1) is 17.1. The molecule has 1 saturated carbocycles. The molecule has 6 atom stereocenters. The maximum Gasteiger partial charge on any atom is 0.225 e. The van der Waals surface area contributed by atoms with Crippen molar-refractivity contribution in [2.75, 3.05) is 33.1 Å². The van der Waals surface area contributed by atoms with Gasteiger partial charge in [0.25, 0.3) is 0 Å². The number of methoxy groups -OCH3 is 2. The minimum absolute atomic E-state index is 0.0322. The summed E-state index contributed by atoms with van der Waals surface area (Å²) in [6.07, 6.45) is 3.89. The van der Waals surface area contributed by atoms with E-state index in [0.717, 1.165) is 47.3 Å². The number of hydrogen-bond acceptors (Lipinski definition) is 7. The van der Waals surface area contributed by atoms with Crippen molar-refractivity contribution >= 4 is 28.1 Å². The normalized spacial score (nSPS) is 27.9. The van der Waals surface area contributed by atoms with Gasteiger partial charge in [0.2, 0.25) is 5.91 Å². The number of anilines is 2. The van der Waals surface area contributed by atoms with Crippen LogP contribution in [-0.2, 0) is 11.2 Å². The summed E-state index contributed by atoms with van der Waals surface area (Å²) < 4.78 is 10.9. The molecule has 0 saturated heterocycles. The smallest absolute Gasteiger partial charge is 0.225 e. The summed E-state index contributed by atoms with van der Waals surface area (Å²) in [5.41, 5.74) is 1.82. The zero-order valence-electron chi connectivity index (χ0n) is 22.2. The van der Waals surface area contributed by atoms with Gasteiger partial charge in [0.05, 0.1) is 31.7 Å². The van der Waals surface area contributed by atoms with Crippen LogP contribution in [0.15, 0.2) is 30.9 Å². The number of benzene rings is 1. The van der Waals surface area contributed by atoms with E-state index in [1.807, 2.05) is 25.1 Å². The fourth-order valence-corrected chi connectivity index (χ4v) is 7.72. The number of nitrogens with one attached hydrogen (secondary N) is 1. The predicted octanol–water partition coefficient (Wildman–Crippen LogP) is 5.24. The van der Waals surface area contributed by atoms with Crippen molar-refractivity contribution in [2.24, 2.45) is 23.2 Å². The fraction of sp³-hybridized carbons (Fsp3) is 0.571. The van der Waals surface area contributed by atoms with Crippen molar-refractivity contribution < 1.29 is 19.4 Å². The molecule has 1 aromatic carbocycles. The molecule has 7 nitrogen and oxygen atoms in total. The molecule has 2 aliphatic rings. The third-order valence-electron chi connectivity index (χ3n) is 8.38. The molecule has 0 unspecified atom stereocenters. The molecular formula is C28H39N3O4S. The second-order valence-electron chi connectivity index (χ2n) is 10.7. The highest BCUT2D eigenvalue weighted by atomic mass is 32.1. The molecule has 0 spiro atoms. The van der Waals surface area contributed by atoms with Crippen molar-refractivity contribution in [3.05, 3.63) is 41.4 Å². The monoisotopic (exact) mass is 513 g/mol. The Morgan fingerprint density at radius 1 is 1.42 bits per heavy atom. The van der Waals surface area contributed by atoms with E-state index in [-0.39, 0.29) is 35.0 Å². The van der Waals surface area contributed by atoms with Gasteiger partial charge in [-0.25, -0.2) is 4.98 Å². The largest absolute Gasteiger partial charge is 0.497 e. The molecule has 1 amide bonds. The van der Waals surface area contributed by atoms with Crippen molar-refractivity contribution in [2.45, 2.75) is 52.1 Å². The van der Waals surface area contributed by atoms with E-state index >= 15 is 0 Å². The Bertz CT molecular complexity index is 1120. The van der Waals surface area contributed by atoms with Gasteiger partial charge >= 0.3 is 0 Å². The van der Waals surface area contributed by atoms with Gasteiger partial charge in [-0.1, -0.05) is 26.8 Å². The van der Waals surface area contributed by atoms with Crippen molar-refractivity contribution in [3.63, 3.8) is 0 Å². The van der Waals surface area contributed by atoms with Gasteiger partial charge in [0.1, 0.15) is 11.5 Å². The number of rotatable bonds is 8. The van der Waals surface area contributed by atoms with Gasteiger partial charge in [-0.05, 0) is 48.6 Å². The van der Waals surface area contributed by atoms with Crippen LogP contribution in [0.5, 0.6) is 11.5 Å². The molecule has 0 aliphatic heterocycles. The fourth-order valence-electron chi connectivity index (χ4n) is 6.44. The van der Waals surface area contributed by atoms with Gasteiger partial charge in [-0.15, -0.1) is 17.9 Å². The second-order valence-corrected chi connectivity index (χ2v) is 11.7. The Hall–Kier alpha value is -2.58. The summed E-state index contributed by atoms with van der Waals surface area (Å²) in [6.45, 7) is 10.7. The van der Waals surface area contributed by atoms with Crippen molar-refractivity contribution in [3.8, 4) is 11.5 Å². The lowest BCUT2D eigenvalue weighted by atomic mass is 9.53. The van der Waals surface area contributed by atoms with Crippen LogP contribution in [0.4, 0.5) is 10.8 Å². The summed E-state index contributed by atoms with van der Waals surface area (Å²) in [5, 5.41) is 15.9. The third kappa shape index (κ3) is 4.73. The Balaban J connectivity index is 1.59. The highest BCUT2D eigenvalue weighted by molar-refractivity contribution is 7.15. The Kier molecular flexibility index (Phi) is 7.67. The predicted molar refractivity (Wildman–Crippen MR) is 144 cm³/mol. The van der Waals surface area contributed by atoms with E-state index in [9.17, 15) is 9.90 Å². The SMILES string of the molecule is C=CCN(C)C(=O)[C@@H](C)[C@H]1CC[C@@]2(C)Cc3sc(Nc4cc(OC)ccc4OC)nc3[C@@H](C)[C@@H]2[C@H]1O. The molecule has 196 valence electrons. The first-order valence-electron chi connectivity index (χ1n) is 12.7. The van der Waals surface area contributed by atoms with Gasteiger partial charge in [0.15, 0.2) is 5.13 Å². The molecule has 1 heterocycles. The number of amides is 1. The Labute approximate surface area is 218 Å². The van der Waals surface area contributed by atoms with Crippen LogP contribution in [0.2, 0.25) is 0 Å². The maximum atomic E-state index is 13.0. The van der Waals surface area contributed by atoms with Gasteiger partial charge < -0.3 is 24.8 Å². The summed E-state index contributed by atoms with van der Waals surface area (Å²) in [4.78, 5) is 21.0. The van der Waals surface area contributed by atoms with E-state index in [1.54, 1.807) is 43.6 Å². The number of fused-ring (bicyclic) bond motifs is 2. The number of ether oxygens (including phenoxy) is 2. The lowest BCUT2D eigenvalue weighted by Gasteiger charge is -2.53. The van der Waals surface area contributed by atoms with Crippen molar-refractivity contribution in [1.82, 2.24) is 9.88 Å². The van der Waals surface area contributed by atoms with Gasteiger partial charge in [-0.3, -0.25) is 4.79 Å². The van der Waals surface area contributed by atoms with Crippen LogP contribution in [-0.4, -0.2) is 54.8 Å². The minimum Gasteiger partial charge on any atom is -0.497 e. The molecule has 1 fully saturated rings. The molecule has 0 bridgehead atoms. The number of aliphatic hydroxyl groups is 1. The number of carbonyl (C=O) groups is 1. The number of nitrogens with zero attached hydrogens (tertiary/aromatic N) is 2. The number of aromatic nitrogens is 1. The van der Waals surface area contributed by atoms with E-state index < -0.39 is 6.10 Å². The first kappa shape index (κ1) is 26.5. The lowest BCUT2D eigenvalue weighted by Crippen LogP contribution is -2.53. The van der Waals surface area contributed by atoms with Crippen LogP contribution in [0.1, 0.15) is 50.1 Å². The standard InChI is InChI=1S/C28H39N3O4S/c1-8-13-31(5)26(33)16(2)19-11-12-28(4)15-22-24(17(3)23(28)25(19)32)30-27(36-22)29-20-14-18(34-6)9-10-21(20)35-7/h8-10,14,16-17,19,23,25,32H,1,11-13,15H2,2-7H3,(H,29,30)/t16-,17-,19+,23+,25-,28-/m0/s1. The molecule has 1 aromatic heterocycles. The van der Waals surface area contributed by atoms with E-state index in [4.69, 9.17) is 14.5 Å². The van der Waals surface area contributed by atoms with Crippen LogP contribution < -0.4 is 14.8 Å². The summed E-state index contributed by atoms with van der Waals surface area (Å²) in [5.74, 6) is 1.35. The molecule has 4 rings (SSSR count). The van der Waals surface area contributed by atoms with E-state index in [1.165, 1.54) is 4.88 Å². The molecule has 0 radical (unpaired) electrons. The van der Waals surface area contributed by atoms with Crippen LogP contribution in [0, 0.1) is 23.2 Å². The lowest BCUT2D eigenvalue weighted by molar-refractivity contribution is -0.143. The average Bonchev–Trinajstić information content (AvgIpc) is 3.25. The second kappa shape index (κ2) is 10.4. The quantitative estimate of drug-likeness (QED) is 0.470. The highest BCUT2D eigenvalue weighted by Gasteiger charge is 2.54. The summed E-state index contributed by atoms with van der Waals surface area (Å²) >= 11 is 1.67. The zero-order chi connectivity index (χ0) is 26.2. The molecule has 2 N–H and O–H groups in total. The van der Waals surface area contributed by atoms with Crippen LogP contribution in [0.3, 0.4) is 0 Å². The number of thiazole rings is 1. The topological polar surface area (TPSA) is 83.9 Å². The maximum absolute atomic E-state index is 13.0. The van der Waals surface area contributed by atoms with Crippen LogP contribution in [0.25, 0.3) is 0 Å². The number of hydrogen-bond donors (Lipinski definition) is 2. The molecule has 2 aliphatic carbocycles. The summed E-state index contributed by atoms with van der Waals surface area (Å²) in [7, 11) is 5.09. The highest BCUT2D eigenvalue weighted by Crippen LogP contribution is 2.57. The molecule has 36 heavy (non-hydrogen) atoms. The van der Waals surface area contributed by atoms with Gasteiger partial charge in [0, 0.05) is 36.4 Å². The Morgan fingerprint density at radius 3 is 2.83 bits per heavy atom. The number of carbonyl (C=O) groups excluding carboxylic acids is 1. The molecule has 8 heteroatoms. The van der Waals surface area contributed by atoms with Gasteiger partial charge in [-0.2, -0.15) is 0 Å². The minimum atomic E-state index is -0.556. The third-order valence-corrected chi connectivity index (χ3v) is 9.37. The first-order valence-corrected chi connectivity index (χ1v) is 13.5. The zero-order valence-corrected chi connectivity index (χ0v) is 23.0. The Morgan fingerprint density at radius 2 is 2.17 bits per heavy atom. The van der Waals surface area contributed by atoms with Crippen molar-refractivity contribution in [1.29, 1.82) is 0 Å². The molecular weight excluding hydrogens is 474 g/mol. The number of aliphatic hydroxyl groups excluding tert-OH is 1. The van der Waals surface area contributed by atoms with E-state index in [0.29, 0.717) is 6.54 Å². The summed E-state index contributed by atoms with van der Waals surface area (Å²) in [6, 6.07) is 5.64. The average molecular weight is 514 g/mol. The molecule has 2 aromatic rings. The van der Waals surface area contributed by atoms with Crippen LogP contribution >= 0.6 is 11.3 Å². The number of likely N-dealkylation sites (N-methyl/N-ethyl adjacent to an activating group) is 1. The van der Waals surface area contributed by atoms with E-state index in [2.05, 4.69) is 25.7 Å².